The number of hydrogen-bond acceptors (Lipinski definition) is 5. The van der Waals surface area contributed by atoms with Gasteiger partial charge in [-0.05, 0) is 33.6 Å². The lowest BCUT2D eigenvalue weighted by atomic mass is 10.2. The van der Waals surface area contributed by atoms with Gasteiger partial charge in [0.05, 0.1) is 12.2 Å². The Morgan fingerprint density at radius 3 is 2.89 bits per heavy atom. The lowest BCUT2D eigenvalue weighted by Gasteiger charge is -2.27. The van der Waals surface area contributed by atoms with E-state index in [0.29, 0.717) is 12.3 Å². The molecule has 1 saturated heterocycles. The molecule has 2 rings (SSSR count). The van der Waals surface area contributed by atoms with Crippen molar-refractivity contribution in [3.8, 4) is 0 Å². The molecule has 18 heavy (non-hydrogen) atoms. The number of carbonyl (C=O) groups excluding carboxylic acids is 1. The number of nitrogens with two attached hydrogens (primary N) is 1. The van der Waals surface area contributed by atoms with Crippen molar-refractivity contribution >= 4 is 12.1 Å². The van der Waals surface area contributed by atoms with Gasteiger partial charge in [-0.15, -0.1) is 0 Å². The van der Waals surface area contributed by atoms with Gasteiger partial charge >= 0.3 is 6.09 Å². The number of aromatic nitrogens is 1. The highest BCUT2D eigenvalue weighted by Gasteiger charge is 2.35. The molecule has 0 aromatic carbocycles. The summed E-state index contributed by atoms with van der Waals surface area (Å²) in [5.74, 6) is 0.621. The predicted molar refractivity (Wildman–Crippen MR) is 65.8 cm³/mol. The van der Waals surface area contributed by atoms with Crippen molar-refractivity contribution < 1.29 is 13.9 Å². The van der Waals surface area contributed by atoms with Crippen LogP contribution in [0.5, 0.6) is 0 Å². The average molecular weight is 253 g/mol. The first-order valence-electron chi connectivity index (χ1n) is 6.07. The number of hydrogen-bond donors (Lipinski definition) is 1. The molecule has 1 unspecified atom stereocenters. The maximum absolute atomic E-state index is 12.1. The monoisotopic (exact) mass is 253 g/mol. The zero-order valence-corrected chi connectivity index (χ0v) is 11.0. The minimum atomic E-state index is -0.495. The second-order valence-electron chi connectivity index (χ2n) is 5.43. The summed E-state index contributed by atoms with van der Waals surface area (Å²) < 4.78 is 10.7. The van der Waals surface area contributed by atoms with E-state index >= 15 is 0 Å². The van der Waals surface area contributed by atoms with Crippen molar-refractivity contribution in [3.63, 3.8) is 0 Å². The van der Waals surface area contributed by atoms with Crippen molar-refractivity contribution in [2.45, 2.75) is 45.3 Å². The van der Waals surface area contributed by atoms with Crippen LogP contribution in [-0.4, -0.2) is 28.1 Å². The molecule has 2 heterocycles. The third-order valence-corrected chi connectivity index (χ3v) is 2.75. The van der Waals surface area contributed by atoms with E-state index in [0.717, 1.165) is 12.8 Å². The van der Waals surface area contributed by atoms with E-state index in [2.05, 4.69) is 4.98 Å². The van der Waals surface area contributed by atoms with Crippen molar-refractivity contribution in [3.05, 3.63) is 12.0 Å². The summed E-state index contributed by atoms with van der Waals surface area (Å²) in [5.41, 5.74) is 4.96. The van der Waals surface area contributed by atoms with Gasteiger partial charge in [0.1, 0.15) is 11.4 Å². The molecular weight excluding hydrogens is 234 g/mol. The van der Waals surface area contributed by atoms with E-state index < -0.39 is 5.60 Å². The lowest BCUT2D eigenvalue weighted by molar-refractivity contribution is 0.0209. The van der Waals surface area contributed by atoms with Gasteiger partial charge in [-0.2, -0.15) is 0 Å². The molecule has 0 saturated carbocycles. The number of anilines is 1. The standard InChI is InChI=1S/C12H19N3O3/c1-12(2,3)18-11(16)15-6-4-5-8(15)9-7-14-10(13)17-9/h7-8H,4-6H2,1-3H3,(H2,13,14). The topological polar surface area (TPSA) is 81.6 Å². The molecule has 1 aromatic rings. The second-order valence-corrected chi connectivity index (χ2v) is 5.43. The van der Waals surface area contributed by atoms with Gasteiger partial charge in [-0.3, -0.25) is 4.90 Å². The Kier molecular flexibility index (Phi) is 3.19. The Bertz CT molecular complexity index is 436. The van der Waals surface area contributed by atoms with Crippen LogP contribution in [0, 0.1) is 0 Å². The summed E-state index contributed by atoms with van der Waals surface area (Å²) >= 11 is 0. The summed E-state index contributed by atoms with van der Waals surface area (Å²) in [6.45, 7) is 6.22. The smallest absolute Gasteiger partial charge is 0.410 e. The number of oxazole rings is 1. The van der Waals surface area contributed by atoms with Crippen LogP contribution >= 0.6 is 0 Å². The quantitative estimate of drug-likeness (QED) is 0.830. The van der Waals surface area contributed by atoms with Crippen molar-refractivity contribution in [1.82, 2.24) is 9.88 Å². The number of nitrogen functional groups attached to an aromatic ring is 1. The molecule has 1 fully saturated rings. The second kappa shape index (κ2) is 4.51. The highest BCUT2D eigenvalue weighted by molar-refractivity contribution is 5.69. The molecule has 100 valence electrons. The number of likely N-dealkylation sites (tertiary alicyclic amines) is 1. The fraction of sp³-hybridized carbons (Fsp3) is 0.667. The van der Waals surface area contributed by atoms with Gasteiger partial charge in [-0.25, -0.2) is 9.78 Å². The van der Waals surface area contributed by atoms with Gasteiger partial charge in [-0.1, -0.05) is 0 Å². The van der Waals surface area contributed by atoms with E-state index in [4.69, 9.17) is 14.9 Å². The van der Waals surface area contributed by atoms with Crippen LogP contribution in [0.4, 0.5) is 10.8 Å². The van der Waals surface area contributed by atoms with Crippen LogP contribution in [0.25, 0.3) is 0 Å². The Hall–Kier alpha value is -1.72. The number of carbonyl (C=O) groups is 1. The van der Waals surface area contributed by atoms with Crippen LogP contribution in [0.3, 0.4) is 0 Å². The maximum atomic E-state index is 12.1. The van der Waals surface area contributed by atoms with Crippen molar-refractivity contribution in [2.75, 3.05) is 12.3 Å². The molecule has 6 heteroatoms. The van der Waals surface area contributed by atoms with Crippen LogP contribution in [0.2, 0.25) is 0 Å². The van der Waals surface area contributed by atoms with E-state index in [-0.39, 0.29) is 18.1 Å². The summed E-state index contributed by atoms with van der Waals surface area (Å²) in [7, 11) is 0. The number of nitrogens with zero attached hydrogens (tertiary/aromatic N) is 2. The zero-order valence-electron chi connectivity index (χ0n) is 11.0. The largest absolute Gasteiger partial charge is 0.444 e. The molecule has 1 aromatic heterocycles. The first kappa shape index (κ1) is 12.7. The Balaban J connectivity index is 2.10. The fourth-order valence-electron chi connectivity index (χ4n) is 2.06. The number of amides is 1. The number of ether oxygens (including phenoxy) is 1. The minimum absolute atomic E-state index is 0.121. The van der Waals surface area contributed by atoms with Crippen LogP contribution in [0.1, 0.15) is 45.4 Å². The molecule has 1 aliphatic heterocycles. The van der Waals surface area contributed by atoms with Crippen molar-refractivity contribution in [2.24, 2.45) is 0 Å². The summed E-state index contributed by atoms with van der Waals surface area (Å²) in [6.07, 6.45) is 3.01. The van der Waals surface area contributed by atoms with E-state index in [9.17, 15) is 4.79 Å². The maximum Gasteiger partial charge on any atom is 0.410 e. The van der Waals surface area contributed by atoms with Gasteiger partial charge in [0.15, 0.2) is 0 Å². The average Bonchev–Trinajstić information content (AvgIpc) is 2.81. The Morgan fingerprint density at radius 1 is 1.61 bits per heavy atom. The molecule has 1 aliphatic rings. The molecule has 1 amide bonds. The van der Waals surface area contributed by atoms with Gasteiger partial charge in [0.25, 0.3) is 6.01 Å². The molecular formula is C12H19N3O3. The zero-order chi connectivity index (χ0) is 13.3. The normalized spacial score (nSPS) is 20.2. The summed E-state index contributed by atoms with van der Waals surface area (Å²) in [6, 6.07) is 0.00527. The highest BCUT2D eigenvalue weighted by atomic mass is 16.6. The van der Waals surface area contributed by atoms with Crippen LogP contribution in [-0.2, 0) is 4.74 Å². The molecule has 0 spiro atoms. The van der Waals surface area contributed by atoms with E-state index in [1.165, 1.54) is 0 Å². The third-order valence-electron chi connectivity index (χ3n) is 2.75. The Morgan fingerprint density at radius 2 is 2.33 bits per heavy atom. The molecule has 1 atom stereocenters. The molecule has 0 aliphatic carbocycles. The van der Waals surface area contributed by atoms with Gasteiger partial charge < -0.3 is 14.9 Å². The highest BCUT2D eigenvalue weighted by Crippen LogP contribution is 2.33. The first-order chi connectivity index (χ1) is 8.37. The first-order valence-corrected chi connectivity index (χ1v) is 6.07. The lowest BCUT2D eigenvalue weighted by Crippen LogP contribution is -2.36. The fourth-order valence-corrected chi connectivity index (χ4v) is 2.06. The van der Waals surface area contributed by atoms with E-state index in [1.807, 2.05) is 20.8 Å². The van der Waals surface area contributed by atoms with Crippen LogP contribution in [0.15, 0.2) is 10.6 Å². The molecule has 6 nitrogen and oxygen atoms in total. The Labute approximate surface area is 106 Å². The molecule has 0 radical (unpaired) electrons. The summed E-state index contributed by atoms with van der Waals surface area (Å²) in [5, 5.41) is 0. The predicted octanol–water partition coefficient (Wildman–Crippen LogP) is 2.33. The minimum Gasteiger partial charge on any atom is -0.444 e. The van der Waals surface area contributed by atoms with Crippen molar-refractivity contribution in [1.29, 1.82) is 0 Å². The molecule has 2 N–H and O–H groups in total. The van der Waals surface area contributed by atoms with Crippen LogP contribution < -0.4 is 5.73 Å². The van der Waals surface area contributed by atoms with Gasteiger partial charge in [0, 0.05) is 6.54 Å². The number of rotatable bonds is 1. The SMILES string of the molecule is CC(C)(C)OC(=O)N1CCCC1c1cnc(N)o1. The molecule has 0 bridgehead atoms. The summed E-state index contributed by atoms with van der Waals surface area (Å²) in [4.78, 5) is 17.6. The van der Waals surface area contributed by atoms with E-state index in [1.54, 1.807) is 11.1 Å². The third kappa shape index (κ3) is 2.75. The van der Waals surface area contributed by atoms with Gasteiger partial charge in [0.2, 0.25) is 0 Å².